The molecule has 1 aliphatic heterocycles. The minimum Gasteiger partial charge on any atom is -0.367 e. The van der Waals surface area contributed by atoms with Crippen LogP contribution >= 0.6 is 0 Å². The van der Waals surface area contributed by atoms with Crippen LogP contribution in [0.2, 0.25) is 0 Å². The Morgan fingerprint density at radius 1 is 1.05 bits per heavy atom. The van der Waals surface area contributed by atoms with Gasteiger partial charge >= 0.3 is 6.18 Å². The minimum absolute atomic E-state index is 0.0529. The number of carbonyl (C=O) groups excluding carboxylic acids is 1. The molecule has 0 bridgehead atoms. The van der Waals surface area contributed by atoms with Crippen LogP contribution in [0.4, 0.5) is 30.6 Å². The number of aryl methyl sites for hydroxylation is 1. The van der Waals surface area contributed by atoms with Crippen molar-refractivity contribution >= 4 is 29.0 Å². The Morgan fingerprint density at radius 3 is 2.59 bits per heavy atom. The summed E-state index contributed by atoms with van der Waals surface area (Å²) in [6.07, 6.45) is 2.69. The third-order valence-corrected chi connectivity index (χ3v) is 6.91. The van der Waals surface area contributed by atoms with Gasteiger partial charge in [0, 0.05) is 41.3 Å². The molecule has 2 N–H and O–H groups in total. The topological polar surface area (TPSA) is 100 Å². The zero-order chi connectivity index (χ0) is 25.7. The van der Waals surface area contributed by atoms with Crippen molar-refractivity contribution in [3.63, 3.8) is 0 Å². The smallest absolute Gasteiger partial charge is 0.367 e. The lowest BCUT2D eigenvalue weighted by molar-refractivity contribution is -0.137. The Labute approximate surface area is 209 Å². The van der Waals surface area contributed by atoms with E-state index in [1.54, 1.807) is 23.4 Å². The number of anilines is 3. The highest BCUT2D eigenvalue weighted by molar-refractivity contribution is 6.10. The fraction of sp³-hybridized carbons (Fsp3) is 0.320. The van der Waals surface area contributed by atoms with Gasteiger partial charge < -0.3 is 15.5 Å². The predicted octanol–water partition coefficient (Wildman–Crippen LogP) is 4.45. The van der Waals surface area contributed by atoms with Gasteiger partial charge in [-0.2, -0.15) is 18.2 Å². The van der Waals surface area contributed by atoms with Crippen molar-refractivity contribution < 1.29 is 18.0 Å². The number of nitrogens with one attached hydrogen (secondary N) is 2. The van der Waals surface area contributed by atoms with Gasteiger partial charge in [0.1, 0.15) is 5.82 Å². The molecule has 4 aromatic heterocycles. The van der Waals surface area contributed by atoms with Gasteiger partial charge in [-0.25, -0.2) is 9.50 Å². The zero-order valence-electron chi connectivity index (χ0n) is 19.8. The van der Waals surface area contributed by atoms with E-state index in [4.69, 9.17) is 0 Å². The Morgan fingerprint density at radius 2 is 1.86 bits per heavy atom. The number of rotatable bonds is 5. The molecule has 1 saturated carbocycles. The number of alkyl halides is 3. The molecule has 190 valence electrons. The molecule has 1 fully saturated rings. The van der Waals surface area contributed by atoms with E-state index >= 15 is 0 Å². The molecule has 5 heterocycles. The lowest BCUT2D eigenvalue weighted by Crippen LogP contribution is -2.24. The van der Waals surface area contributed by atoms with Gasteiger partial charge in [0.05, 0.1) is 24.0 Å². The van der Waals surface area contributed by atoms with E-state index in [9.17, 15) is 18.0 Å². The second-order valence-electron chi connectivity index (χ2n) is 9.36. The quantitative estimate of drug-likeness (QED) is 0.411. The molecule has 2 atom stereocenters. The van der Waals surface area contributed by atoms with Crippen molar-refractivity contribution in [1.29, 1.82) is 0 Å². The van der Waals surface area contributed by atoms with E-state index in [1.165, 1.54) is 10.7 Å². The molecule has 4 aromatic rings. The number of fused-ring (bicyclic) bond motifs is 2. The average molecular weight is 509 g/mol. The lowest BCUT2D eigenvalue weighted by atomic mass is 10.1. The van der Waals surface area contributed by atoms with Crippen molar-refractivity contribution in [2.45, 2.75) is 51.0 Å². The van der Waals surface area contributed by atoms with Crippen molar-refractivity contribution in [2.75, 3.05) is 15.5 Å². The van der Waals surface area contributed by atoms with Gasteiger partial charge in [0.25, 0.3) is 5.91 Å². The number of pyridine rings is 3. The summed E-state index contributed by atoms with van der Waals surface area (Å²) in [5.74, 6) is 0.957. The summed E-state index contributed by atoms with van der Waals surface area (Å²) in [4.78, 5) is 27.5. The first-order valence-electron chi connectivity index (χ1n) is 11.9. The highest BCUT2D eigenvalue weighted by Gasteiger charge is 2.32. The predicted molar refractivity (Wildman–Crippen MR) is 130 cm³/mol. The number of carbonyl (C=O) groups is 1. The fourth-order valence-electron chi connectivity index (χ4n) is 4.97. The van der Waals surface area contributed by atoms with E-state index in [1.807, 2.05) is 19.1 Å². The number of hydrogen-bond acceptors (Lipinski definition) is 7. The van der Waals surface area contributed by atoms with E-state index in [-0.39, 0.29) is 23.6 Å². The monoisotopic (exact) mass is 508 g/mol. The third-order valence-electron chi connectivity index (χ3n) is 6.91. The van der Waals surface area contributed by atoms with Crippen LogP contribution in [0.15, 0.2) is 48.9 Å². The second-order valence-corrected chi connectivity index (χ2v) is 9.36. The minimum atomic E-state index is -4.43. The van der Waals surface area contributed by atoms with E-state index < -0.39 is 11.7 Å². The normalized spacial score (nSPS) is 19.5. The van der Waals surface area contributed by atoms with Crippen molar-refractivity contribution in [1.82, 2.24) is 24.6 Å². The Kier molecular flexibility index (Phi) is 5.46. The van der Waals surface area contributed by atoms with Crippen molar-refractivity contribution in [3.8, 4) is 0 Å². The SMILES string of the molecule is Cc1nccc2c1CN(c1ccc(N[C@H]3CC[C@H](Nc4nc5cc(C(F)(F)F)ccn5n4)C3)nc1)C2=O. The number of aromatic nitrogens is 5. The highest BCUT2D eigenvalue weighted by atomic mass is 19.4. The van der Waals surface area contributed by atoms with Crippen LogP contribution in [-0.2, 0) is 12.7 Å². The standard InChI is InChI=1S/C25H23F3N8O/c1-14-20-13-35(23(37)19(20)6-8-29-14)18-4-5-21(30-12-18)31-16-2-3-17(11-16)32-24-33-22-10-15(25(26,27)28)7-9-36(22)34-24/h4-10,12,16-17H,2-3,11,13H2,1H3,(H,30,31)(H,32,34)/t16-,17-/m0/s1. The number of halogens is 3. The molecule has 0 radical (unpaired) electrons. The maximum atomic E-state index is 13.0. The molecule has 0 aromatic carbocycles. The molecule has 1 aliphatic carbocycles. The first-order valence-corrected chi connectivity index (χ1v) is 11.9. The van der Waals surface area contributed by atoms with Crippen LogP contribution in [0.5, 0.6) is 0 Å². The Balaban J connectivity index is 1.07. The van der Waals surface area contributed by atoms with E-state index in [2.05, 4.69) is 30.7 Å². The van der Waals surface area contributed by atoms with Gasteiger partial charge in [-0.3, -0.25) is 9.78 Å². The van der Waals surface area contributed by atoms with E-state index in [0.29, 0.717) is 23.9 Å². The summed E-state index contributed by atoms with van der Waals surface area (Å²) in [5, 5.41) is 10.9. The molecule has 12 heteroatoms. The zero-order valence-corrected chi connectivity index (χ0v) is 19.8. The number of hydrogen-bond donors (Lipinski definition) is 2. The Bertz CT molecular complexity index is 1480. The van der Waals surface area contributed by atoms with Gasteiger partial charge in [0.2, 0.25) is 5.95 Å². The van der Waals surface area contributed by atoms with Gasteiger partial charge in [-0.05, 0) is 56.5 Å². The molecular formula is C25H23F3N8O. The van der Waals surface area contributed by atoms with Gasteiger partial charge in [-0.15, -0.1) is 5.10 Å². The molecule has 37 heavy (non-hydrogen) atoms. The maximum Gasteiger partial charge on any atom is 0.416 e. The fourth-order valence-corrected chi connectivity index (χ4v) is 4.97. The van der Waals surface area contributed by atoms with Crippen LogP contribution in [0.25, 0.3) is 5.65 Å². The van der Waals surface area contributed by atoms with Crippen LogP contribution in [0.1, 0.15) is 46.4 Å². The molecule has 0 unspecified atom stereocenters. The average Bonchev–Trinajstić information content (AvgIpc) is 3.57. The molecular weight excluding hydrogens is 485 g/mol. The number of nitrogens with zero attached hydrogens (tertiary/aromatic N) is 6. The highest BCUT2D eigenvalue weighted by Crippen LogP contribution is 2.31. The summed E-state index contributed by atoms with van der Waals surface area (Å²) in [6.45, 7) is 2.38. The molecule has 9 nitrogen and oxygen atoms in total. The lowest BCUT2D eigenvalue weighted by Gasteiger charge is -2.17. The second kappa shape index (κ2) is 8.71. The van der Waals surface area contributed by atoms with Crippen LogP contribution in [0.3, 0.4) is 0 Å². The van der Waals surface area contributed by atoms with Crippen molar-refractivity contribution in [2.24, 2.45) is 0 Å². The van der Waals surface area contributed by atoms with Crippen molar-refractivity contribution in [3.05, 3.63) is 71.3 Å². The van der Waals surface area contributed by atoms with Gasteiger partial charge in [-0.1, -0.05) is 0 Å². The maximum absolute atomic E-state index is 13.0. The summed E-state index contributed by atoms with van der Waals surface area (Å²) >= 11 is 0. The largest absolute Gasteiger partial charge is 0.416 e. The van der Waals surface area contributed by atoms with Gasteiger partial charge in [0.15, 0.2) is 5.65 Å². The summed E-state index contributed by atoms with van der Waals surface area (Å²) in [5.41, 5.74) is 2.59. The summed E-state index contributed by atoms with van der Waals surface area (Å²) in [7, 11) is 0. The molecule has 0 saturated heterocycles. The summed E-state index contributed by atoms with van der Waals surface area (Å²) in [6, 6.07) is 7.70. The third kappa shape index (κ3) is 4.43. The summed E-state index contributed by atoms with van der Waals surface area (Å²) < 4.78 is 40.2. The van der Waals surface area contributed by atoms with E-state index in [0.717, 1.165) is 48.3 Å². The first-order chi connectivity index (χ1) is 17.7. The number of amides is 1. The Hall–Kier alpha value is -4.22. The molecule has 1 amide bonds. The molecule has 2 aliphatic rings. The first kappa shape index (κ1) is 23.2. The van der Waals surface area contributed by atoms with Crippen LogP contribution in [-0.4, -0.2) is 42.6 Å². The molecule has 6 rings (SSSR count). The molecule has 0 spiro atoms. The van der Waals surface area contributed by atoms with Crippen LogP contribution < -0.4 is 15.5 Å². The van der Waals surface area contributed by atoms with Crippen LogP contribution in [0, 0.1) is 6.92 Å².